The number of methoxy groups -OCH3 is 1. The number of ether oxygens (including phenoxy) is 2. The van der Waals surface area contributed by atoms with E-state index >= 15 is 0 Å². The van der Waals surface area contributed by atoms with Crippen LogP contribution in [0.5, 0.6) is 0 Å². The molecule has 5 nitrogen and oxygen atoms in total. The second-order valence-corrected chi connectivity index (χ2v) is 5.50. The lowest BCUT2D eigenvalue weighted by atomic mass is 10.1. The largest absolute Gasteiger partial charge is 0.382 e. The van der Waals surface area contributed by atoms with Crippen molar-refractivity contribution in [1.29, 1.82) is 0 Å². The average Bonchev–Trinajstić information content (AvgIpc) is 2.56. The van der Waals surface area contributed by atoms with Gasteiger partial charge in [-0.2, -0.15) is 0 Å². The minimum absolute atomic E-state index is 0.278. The normalized spacial score (nSPS) is 11.6. The third-order valence-corrected chi connectivity index (χ3v) is 3.58. The number of aliphatic imine (C=N–C) groups is 1. The Bertz CT molecular complexity index is 480. The highest BCUT2D eigenvalue weighted by molar-refractivity contribution is 6.31. The molecule has 0 atom stereocenters. The maximum atomic E-state index is 13.7. The quantitative estimate of drug-likeness (QED) is 0.362. The molecule has 1 aromatic carbocycles. The van der Waals surface area contributed by atoms with Crippen molar-refractivity contribution in [3.8, 4) is 0 Å². The van der Waals surface area contributed by atoms with Crippen LogP contribution >= 0.6 is 11.6 Å². The molecule has 1 rings (SSSR count). The maximum Gasteiger partial charge on any atom is 0.191 e. The van der Waals surface area contributed by atoms with Gasteiger partial charge in [0.2, 0.25) is 0 Å². The second-order valence-electron chi connectivity index (χ2n) is 5.10. The van der Waals surface area contributed by atoms with Gasteiger partial charge in [0.1, 0.15) is 5.82 Å². The van der Waals surface area contributed by atoms with Crippen molar-refractivity contribution in [2.75, 3.05) is 46.6 Å². The number of hydrogen-bond donors (Lipinski definition) is 2. The van der Waals surface area contributed by atoms with Crippen LogP contribution in [0.2, 0.25) is 5.02 Å². The third-order valence-electron chi connectivity index (χ3n) is 3.22. The molecule has 0 aliphatic rings. The first-order chi connectivity index (χ1) is 11.7. The first-order valence-corrected chi connectivity index (χ1v) is 8.58. The standard InChI is InChI=1S/C17H27ClFN3O2/c1-3-20-17(21-9-5-11-24-13-12-23-2)22-10-8-14-15(18)6-4-7-16(14)19/h4,6-7H,3,5,8-13H2,1-2H3,(H2,20,21,22). The van der Waals surface area contributed by atoms with Gasteiger partial charge in [-0.1, -0.05) is 17.7 Å². The van der Waals surface area contributed by atoms with E-state index in [2.05, 4.69) is 15.6 Å². The molecule has 0 bridgehead atoms. The van der Waals surface area contributed by atoms with E-state index in [9.17, 15) is 4.39 Å². The molecule has 24 heavy (non-hydrogen) atoms. The highest BCUT2D eigenvalue weighted by Crippen LogP contribution is 2.18. The highest BCUT2D eigenvalue weighted by atomic mass is 35.5. The Kier molecular flexibility index (Phi) is 11.2. The molecule has 2 N–H and O–H groups in total. The molecule has 0 amide bonds. The molecule has 0 heterocycles. The molecule has 0 saturated heterocycles. The zero-order valence-electron chi connectivity index (χ0n) is 14.4. The molecular weight excluding hydrogens is 333 g/mol. The lowest BCUT2D eigenvalue weighted by Gasteiger charge is -2.12. The lowest BCUT2D eigenvalue weighted by molar-refractivity contribution is 0.0702. The summed E-state index contributed by atoms with van der Waals surface area (Å²) in [6.45, 7) is 5.82. The summed E-state index contributed by atoms with van der Waals surface area (Å²) >= 11 is 6.02. The first kappa shape index (κ1) is 20.7. The van der Waals surface area contributed by atoms with Gasteiger partial charge in [-0.25, -0.2) is 4.39 Å². The van der Waals surface area contributed by atoms with Gasteiger partial charge in [0, 0.05) is 43.9 Å². The zero-order valence-corrected chi connectivity index (χ0v) is 15.2. The number of nitrogens with zero attached hydrogens (tertiary/aromatic N) is 1. The SMILES string of the molecule is CCNC(=NCCCOCCOC)NCCc1c(F)cccc1Cl. The molecule has 0 saturated carbocycles. The lowest BCUT2D eigenvalue weighted by Crippen LogP contribution is -2.38. The predicted octanol–water partition coefficient (Wildman–Crippen LogP) is 2.63. The van der Waals surface area contributed by atoms with Crippen LogP contribution in [0, 0.1) is 5.82 Å². The number of halogens is 2. The van der Waals surface area contributed by atoms with Crippen LogP contribution in [0.3, 0.4) is 0 Å². The molecular formula is C17H27ClFN3O2. The molecule has 1 aromatic rings. The summed E-state index contributed by atoms with van der Waals surface area (Å²) < 4.78 is 24.0. The number of hydrogen-bond acceptors (Lipinski definition) is 3. The third kappa shape index (κ3) is 8.47. The summed E-state index contributed by atoms with van der Waals surface area (Å²) in [4.78, 5) is 4.46. The van der Waals surface area contributed by atoms with E-state index in [-0.39, 0.29) is 5.82 Å². The van der Waals surface area contributed by atoms with E-state index in [1.165, 1.54) is 6.07 Å². The molecule has 136 valence electrons. The summed E-state index contributed by atoms with van der Waals surface area (Å²) in [5.41, 5.74) is 0.522. The Morgan fingerprint density at radius 3 is 2.79 bits per heavy atom. The highest BCUT2D eigenvalue weighted by Gasteiger charge is 2.06. The van der Waals surface area contributed by atoms with Gasteiger partial charge in [-0.3, -0.25) is 4.99 Å². The monoisotopic (exact) mass is 359 g/mol. The van der Waals surface area contributed by atoms with Gasteiger partial charge in [0.15, 0.2) is 5.96 Å². The number of benzene rings is 1. The maximum absolute atomic E-state index is 13.7. The minimum Gasteiger partial charge on any atom is -0.382 e. The van der Waals surface area contributed by atoms with Gasteiger partial charge in [0.25, 0.3) is 0 Å². The molecule has 0 aliphatic carbocycles. The van der Waals surface area contributed by atoms with Crippen molar-refractivity contribution in [3.63, 3.8) is 0 Å². The van der Waals surface area contributed by atoms with Gasteiger partial charge in [-0.05, 0) is 31.9 Å². The Morgan fingerprint density at radius 2 is 2.08 bits per heavy atom. The topological polar surface area (TPSA) is 54.9 Å². The molecule has 0 unspecified atom stereocenters. The number of nitrogens with one attached hydrogen (secondary N) is 2. The van der Waals surface area contributed by atoms with Gasteiger partial charge < -0.3 is 20.1 Å². The number of rotatable bonds is 11. The summed E-state index contributed by atoms with van der Waals surface area (Å²) in [5.74, 6) is 0.432. The summed E-state index contributed by atoms with van der Waals surface area (Å²) in [6, 6.07) is 4.72. The van der Waals surface area contributed by atoms with E-state index in [0.717, 1.165) is 13.0 Å². The minimum atomic E-state index is -0.278. The van der Waals surface area contributed by atoms with Gasteiger partial charge in [-0.15, -0.1) is 0 Å². The van der Waals surface area contributed by atoms with Crippen LogP contribution in [0.1, 0.15) is 18.9 Å². The number of guanidine groups is 1. The van der Waals surface area contributed by atoms with Crippen LogP contribution < -0.4 is 10.6 Å². The Balaban J connectivity index is 2.33. The van der Waals surface area contributed by atoms with E-state index in [1.807, 2.05) is 6.92 Å². The fourth-order valence-corrected chi connectivity index (χ4v) is 2.28. The van der Waals surface area contributed by atoms with Crippen LogP contribution in [-0.2, 0) is 15.9 Å². The molecule has 0 radical (unpaired) electrons. The Hall–Kier alpha value is -1.37. The van der Waals surface area contributed by atoms with Crippen LogP contribution in [-0.4, -0.2) is 52.5 Å². The van der Waals surface area contributed by atoms with Crippen molar-refractivity contribution >= 4 is 17.6 Å². The van der Waals surface area contributed by atoms with E-state index in [0.29, 0.717) is 55.9 Å². The summed E-state index contributed by atoms with van der Waals surface area (Å²) in [5, 5.41) is 6.80. The van der Waals surface area contributed by atoms with E-state index in [4.69, 9.17) is 21.1 Å². The molecule has 0 aromatic heterocycles. The van der Waals surface area contributed by atoms with Crippen molar-refractivity contribution in [3.05, 3.63) is 34.6 Å². The fraction of sp³-hybridized carbons (Fsp3) is 0.588. The average molecular weight is 360 g/mol. The van der Waals surface area contributed by atoms with Gasteiger partial charge in [0.05, 0.1) is 13.2 Å². The molecule has 7 heteroatoms. The predicted molar refractivity (Wildman–Crippen MR) is 96.4 cm³/mol. The van der Waals surface area contributed by atoms with Crippen LogP contribution in [0.25, 0.3) is 0 Å². The molecule has 0 aliphatic heterocycles. The van der Waals surface area contributed by atoms with Crippen LogP contribution in [0.15, 0.2) is 23.2 Å². The van der Waals surface area contributed by atoms with Crippen LogP contribution in [0.4, 0.5) is 4.39 Å². The smallest absolute Gasteiger partial charge is 0.191 e. The van der Waals surface area contributed by atoms with E-state index in [1.54, 1.807) is 19.2 Å². The van der Waals surface area contributed by atoms with Crippen molar-refractivity contribution < 1.29 is 13.9 Å². The van der Waals surface area contributed by atoms with Crippen molar-refractivity contribution in [2.45, 2.75) is 19.8 Å². The van der Waals surface area contributed by atoms with Crippen molar-refractivity contribution in [1.82, 2.24) is 10.6 Å². The summed E-state index contributed by atoms with van der Waals surface area (Å²) in [6.07, 6.45) is 1.33. The van der Waals surface area contributed by atoms with Gasteiger partial charge >= 0.3 is 0 Å². The Labute approximate surface area is 148 Å². The zero-order chi connectivity index (χ0) is 17.6. The summed E-state index contributed by atoms with van der Waals surface area (Å²) in [7, 11) is 1.65. The fourth-order valence-electron chi connectivity index (χ4n) is 2.02. The first-order valence-electron chi connectivity index (χ1n) is 8.20. The van der Waals surface area contributed by atoms with Crippen molar-refractivity contribution in [2.24, 2.45) is 4.99 Å². The Morgan fingerprint density at radius 1 is 1.25 bits per heavy atom. The van der Waals surface area contributed by atoms with E-state index < -0.39 is 0 Å². The molecule has 0 fully saturated rings. The molecule has 0 spiro atoms. The second kappa shape index (κ2) is 13.0.